The van der Waals surface area contributed by atoms with Gasteiger partial charge in [-0.05, 0) is 36.4 Å². The van der Waals surface area contributed by atoms with Crippen LogP contribution in [0.15, 0.2) is 52.5 Å². The van der Waals surface area contributed by atoms with Gasteiger partial charge in [0.2, 0.25) is 5.91 Å². The molecule has 0 fully saturated rings. The number of thioether (sulfide) groups is 2. The minimum absolute atomic E-state index is 0.101. The summed E-state index contributed by atoms with van der Waals surface area (Å²) in [5, 5.41) is 3.80. The predicted molar refractivity (Wildman–Crippen MR) is 95.1 cm³/mol. The largest absolute Gasteiger partial charge is 0.417 e. The molecule has 9 heteroatoms. The van der Waals surface area contributed by atoms with Crippen LogP contribution in [-0.2, 0) is 11.0 Å². The molecule has 0 aliphatic heterocycles. The first-order valence-corrected chi connectivity index (χ1v) is 9.50. The molecule has 134 valence electrons. The van der Waals surface area contributed by atoms with Crippen molar-refractivity contribution in [1.82, 2.24) is 10.3 Å². The van der Waals surface area contributed by atoms with Gasteiger partial charge < -0.3 is 5.32 Å². The Morgan fingerprint density at radius 2 is 1.84 bits per heavy atom. The van der Waals surface area contributed by atoms with Crippen LogP contribution >= 0.6 is 35.1 Å². The molecule has 0 unspecified atom stereocenters. The van der Waals surface area contributed by atoms with Crippen molar-refractivity contribution in [2.75, 3.05) is 18.1 Å². The number of nitrogens with one attached hydrogen (secondary N) is 1. The van der Waals surface area contributed by atoms with Gasteiger partial charge in [0.15, 0.2) is 0 Å². The number of aromatic nitrogens is 1. The van der Waals surface area contributed by atoms with Crippen LogP contribution in [-0.4, -0.2) is 28.9 Å². The van der Waals surface area contributed by atoms with Crippen molar-refractivity contribution in [2.45, 2.75) is 16.1 Å². The van der Waals surface area contributed by atoms with Gasteiger partial charge in [-0.1, -0.05) is 23.4 Å². The summed E-state index contributed by atoms with van der Waals surface area (Å²) >= 11 is 8.48. The van der Waals surface area contributed by atoms with Crippen LogP contribution in [0.4, 0.5) is 13.2 Å². The van der Waals surface area contributed by atoms with E-state index < -0.39 is 11.7 Å². The van der Waals surface area contributed by atoms with Crippen LogP contribution in [0.2, 0.25) is 5.02 Å². The van der Waals surface area contributed by atoms with Crippen LogP contribution < -0.4 is 5.32 Å². The highest BCUT2D eigenvalue weighted by atomic mass is 35.5. The summed E-state index contributed by atoms with van der Waals surface area (Å²) in [4.78, 5) is 16.5. The van der Waals surface area contributed by atoms with E-state index in [0.717, 1.165) is 28.9 Å². The van der Waals surface area contributed by atoms with Crippen molar-refractivity contribution in [3.63, 3.8) is 0 Å². The average molecular weight is 407 g/mol. The number of nitrogens with zero attached hydrogens (tertiary/aromatic N) is 1. The quantitative estimate of drug-likeness (QED) is 0.532. The van der Waals surface area contributed by atoms with E-state index in [2.05, 4.69) is 10.3 Å². The van der Waals surface area contributed by atoms with Crippen molar-refractivity contribution in [3.05, 3.63) is 53.2 Å². The SMILES string of the molecule is O=C(CSc1ccc(C(F)(F)F)cn1)NCCSc1ccc(Cl)cc1. The Hall–Kier alpha value is -1.38. The topological polar surface area (TPSA) is 42.0 Å². The number of hydrogen-bond donors (Lipinski definition) is 1. The van der Waals surface area contributed by atoms with Crippen LogP contribution in [0, 0.1) is 0 Å². The van der Waals surface area contributed by atoms with E-state index in [-0.39, 0.29) is 11.7 Å². The van der Waals surface area contributed by atoms with Crippen molar-refractivity contribution in [3.8, 4) is 0 Å². The van der Waals surface area contributed by atoms with Crippen LogP contribution in [0.3, 0.4) is 0 Å². The van der Waals surface area contributed by atoms with E-state index in [4.69, 9.17) is 11.6 Å². The van der Waals surface area contributed by atoms with E-state index in [9.17, 15) is 18.0 Å². The third-order valence-electron chi connectivity index (χ3n) is 2.92. The fraction of sp³-hybridized carbons (Fsp3) is 0.250. The molecule has 1 amide bonds. The second-order valence-corrected chi connectivity index (χ2v) is 7.42. The number of rotatable bonds is 7. The smallest absolute Gasteiger partial charge is 0.355 e. The number of benzene rings is 1. The summed E-state index contributed by atoms with van der Waals surface area (Å²) in [5.41, 5.74) is -0.805. The Bertz CT molecular complexity index is 694. The Morgan fingerprint density at radius 3 is 2.44 bits per heavy atom. The Kier molecular flexibility index (Phi) is 7.46. The highest BCUT2D eigenvalue weighted by molar-refractivity contribution is 8.00. The predicted octanol–water partition coefficient (Wildman–Crippen LogP) is 4.75. The number of hydrogen-bond acceptors (Lipinski definition) is 4. The summed E-state index contributed by atoms with van der Waals surface area (Å²) in [6.45, 7) is 0.493. The second-order valence-electron chi connectivity index (χ2n) is 4.82. The van der Waals surface area contributed by atoms with E-state index >= 15 is 0 Å². The van der Waals surface area contributed by atoms with E-state index in [0.29, 0.717) is 22.3 Å². The van der Waals surface area contributed by atoms with Crippen molar-refractivity contribution < 1.29 is 18.0 Å². The van der Waals surface area contributed by atoms with Gasteiger partial charge in [-0.15, -0.1) is 11.8 Å². The molecule has 25 heavy (non-hydrogen) atoms. The van der Waals surface area contributed by atoms with Gasteiger partial charge in [0, 0.05) is 28.4 Å². The lowest BCUT2D eigenvalue weighted by atomic mass is 10.3. The van der Waals surface area contributed by atoms with Gasteiger partial charge >= 0.3 is 6.18 Å². The number of alkyl halides is 3. The molecule has 0 aliphatic rings. The van der Waals surface area contributed by atoms with E-state index in [1.165, 1.54) is 6.07 Å². The molecule has 1 aromatic carbocycles. The van der Waals surface area contributed by atoms with Gasteiger partial charge in [-0.3, -0.25) is 4.79 Å². The third kappa shape index (κ3) is 7.17. The molecule has 1 N–H and O–H groups in total. The molecule has 1 heterocycles. The highest BCUT2D eigenvalue weighted by Crippen LogP contribution is 2.29. The van der Waals surface area contributed by atoms with Crippen molar-refractivity contribution in [2.24, 2.45) is 0 Å². The summed E-state index contributed by atoms with van der Waals surface area (Å²) in [6, 6.07) is 9.63. The molecule has 2 aromatic rings. The van der Waals surface area contributed by atoms with E-state index in [1.807, 2.05) is 12.1 Å². The zero-order chi connectivity index (χ0) is 18.3. The molecule has 0 spiro atoms. The lowest BCUT2D eigenvalue weighted by Crippen LogP contribution is -2.27. The molecule has 0 radical (unpaired) electrons. The van der Waals surface area contributed by atoms with E-state index in [1.54, 1.807) is 23.9 Å². The minimum Gasteiger partial charge on any atom is -0.355 e. The maximum absolute atomic E-state index is 12.4. The number of carbonyl (C=O) groups excluding carboxylic acids is 1. The van der Waals surface area contributed by atoms with Gasteiger partial charge in [0.05, 0.1) is 16.3 Å². The summed E-state index contributed by atoms with van der Waals surface area (Å²) < 4.78 is 37.3. The van der Waals surface area contributed by atoms with Crippen LogP contribution in [0.25, 0.3) is 0 Å². The maximum Gasteiger partial charge on any atom is 0.417 e. The molecule has 0 saturated heterocycles. The first-order chi connectivity index (χ1) is 11.8. The number of amides is 1. The fourth-order valence-corrected chi connectivity index (χ4v) is 3.28. The van der Waals surface area contributed by atoms with Crippen LogP contribution in [0.5, 0.6) is 0 Å². The molecule has 0 atom stereocenters. The lowest BCUT2D eigenvalue weighted by Gasteiger charge is -2.07. The molecule has 0 bridgehead atoms. The lowest BCUT2D eigenvalue weighted by molar-refractivity contribution is -0.137. The highest BCUT2D eigenvalue weighted by Gasteiger charge is 2.30. The molecule has 0 saturated carbocycles. The molecular formula is C16H14ClF3N2OS2. The first-order valence-electron chi connectivity index (χ1n) is 7.16. The number of carbonyl (C=O) groups is 1. The summed E-state index contributed by atoms with van der Waals surface area (Å²) in [6.07, 6.45) is -3.64. The molecule has 2 rings (SSSR count). The van der Waals surface area contributed by atoms with Gasteiger partial charge in [0.25, 0.3) is 0 Å². The Labute approximate surface area is 156 Å². The minimum atomic E-state index is -4.41. The van der Waals surface area contributed by atoms with Gasteiger partial charge in [-0.2, -0.15) is 13.2 Å². The Morgan fingerprint density at radius 1 is 1.12 bits per heavy atom. The molecule has 3 nitrogen and oxygen atoms in total. The Balaban J connectivity index is 1.66. The van der Waals surface area contributed by atoms with Crippen LogP contribution in [0.1, 0.15) is 5.56 Å². The molecular weight excluding hydrogens is 393 g/mol. The zero-order valence-electron chi connectivity index (χ0n) is 12.8. The normalized spacial score (nSPS) is 11.4. The zero-order valence-corrected chi connectivity index (χ0v) is 15.2. The molecule has 0 aliphatic carbocycles. The van der Waals surface area contributed by atoms with Crippen molar-refractivity contribution in [1.29, 1.82) is 0 Å². The summed E-state index contributed by atoms with van der Waals surface area (Å²) in [7, 11) is 0. The molecule has 1 aromatic heterocycles. The number of pyridine rings is 1. The average Bonchev–Trinajstić information content (AvgIpc) is 2.58. The first kappa shape index (κ1) is 19.9. The van der Waals surface area contributed by atoms with Crippen molar-refractivity contribution >= 4 is 41.0 Å². The number of halogens is 4. The third-order valence-corrected chi connectivity index (χ3v) is 5.13. The fourth-order valence-electron chi connectivity index (χ4n) is 1.71. The second kappa shape index (κ2) is 9.35. The van der Waals surface area contributed by atoms with Gasteiger partial charge in [-0.25, -0.2) is 4.98 Å². The maximum atomic E-state index is 12.4. The standard InChI is InChI=1S/C16H14ClF3N2OS2/c17-12-2-4-13(5-3-12)24-8-7-21-14(23)10-25-15-6-1-11(9-22-15)16(18,19)20/h1-6,9H,7-8,10H2,(H,21,23). The van der Waals surface area contributed by atoms with Gasteiger partial charge in [0.1, 0.15) is 0 Å². The summed E-state index contributed by atoms with van der Waals surface area (Å²) in [5.74, 6) is 0.615. The monoisotopic (exact) mass is 406 g/mol.